The van der Waals surface area contributed by atoms with Gasteiger partial charge in [-0.15, -0.1) is 6.58 Å². The summed E-state index contributed by atoms with van der Waals surface area (Å²) in [4.78, 5) is 13.7. The van der Waals surface area contributed by atoms with Gasteiger partial charge in [-0.25, -0.2) is 0 Å². The number of hydrogen-bond donors (Lipinski definition) is 0. The zero-order chi connectivity index (χ0) is 11.7. The van der Waals surface area contributed by atoms with Crippen LogP contribution < -0.4 is 9.64 Å². The van der Waals surface area contributed by atoms with Crippen molar-refractivity contribution in [2.24, 2.45) is 0 Å². The SMILES string of the molecule is C=CCC1C(=O)N(C)c2ccc(OC)cc21. The molecular formula is C13H15NO2. The molecule has 1 unspecified atom stereocenters. The van der Waals surface area contributed by atoms with Crippen molar-refractivity contribution in [3.8, 4) is 5.75 Å². The van der Waals surface area contributed by atoms with Crippen LogP contribution in [-0.4, -0.2) is 20.1 Å². The number of benzene rings is 1. The summed E-state index contributed by atoms with van der Waals surface area (Å²) >= 11 is 0. The Bertz CT molecular complexity index is 440. The van der Waals surface area contributed by atoms with Crippen LogP contribution in [0.15, 0.2) is 30.9 Å². The fraction of sp³-hybridized carbons (Fsp3) is 0.308. The van der Waals surface area contributed by atoms with Gasteiger partial charge in [-0.2, -0.15) is 0 Å². The molecule has 0 saturated carbocycles. The molecule has 1 aromatic carbocycles. The molecule has 1 aliphatic rings. The molecule has 0 aliphatic carbocycles. The lowest BCUT2D eigenvalue weighted by atomic mass is 9.97. The number of methoxy groups -OCH3 is 1. The van der Waals surface area contributed by atoms with E-state index in [9.17, 15) is 4.79 Å². The number of ether oxygens (including phenoxy) is 1. The smallest absolute Gasteiger partial charge is 0.234 e. The molecule has 84 valence electrons. The van der Waals surface area contributed by atoms with Crippen LogP contribution in [0.1, 0.15) is 17.9 Å². The van der Waals surface area contributed by atoms with E-state index in [2.05, 4.69) is 6.58 Å². The zero-order valence-electron chi connectivity index (χ0n) is 9.56. The van der Waals surface area contributed by atoms with Gasteiger partial charge in [0.2, 0.25) is 5.91 Å². The van der Waals surface area contributed by atoms with Gasteiger partial charge in [0.15, 0.2) is 0 Å². The van der Waals surface area contributed by atoms with Crippen LogP contribution >= 0.6 is 0 Å². The van der Waals surface area contributed by atoms with Gasteiger partial charge in [-0.1, -0.05) is 6.08 Å². The van der Waals surface area contributed by atoms with Gasteiger partial charge in [0.05, 0.1) is 13.0 Å². The number of carbonyl (C=O) groups excluding carboxylic acids is 1. The van der Waals surface area contributed by atoms with Gasteiger partial charge in [0.25, 0.3) is 0 Å². The van der Waals surface area contributed by atoms with Gasteiger partial charge < -0.3 is 9.64 Å². The van der Waals surface area contributed by atoms with Crippen LogP contribution in [0.3, 0.4) is 0 Å². The number of nitrogens with zero attached hydrogens (tertiary/aromatic N) is 1. The molecule has 1 heterocycles. The molecule has 16 heavy (non-hydrogen) atoms. The van der Waals surface area contributed by atoms with Crippen molar-refractivity contribution >= 4 is 11.6 Å². The molecule has 3 nitrogen and oxygen atoms in total. The van der Waals surface area contributed by atoms with Crippen molar-refractivity contribution in [3.05, 3.63) is 36.4 Å². The molecule has 0 fully saturated rings. The molecule has 1 atom stereocenters. The molecule has 0 spiro atoms. The Labute approximate surface area is 95.3 Å². The van der Waals surface area contributed by atoms with Crippen molar-refractivity contribution in [2.45, 2.75) is 12.3 Å². The standard InChI is InChI=1S/C13H15NO2/c1-4-5-10-11-8-9(16-3)6-7-12(11)14(2)13(10)15/h4,6-8,10H,1,5H2,2-3H3. The Kier molecular flexibility index (Phi) is 2.69. The Morgan fingerprint density at radius 1 is 1.56 bits per heavy atom. The van der Waals surface area contributed by atoms with Crippen LogP contribution in [0, 0.1) is 0 Å². The van der Waals surface area contributed by atoms with E-state index in [-0.39, 0.29) is 11.8 Å². The zero-order valence-corrected chi connectivity index (χ0v) is 9.56. The number of anilines is 1. The average Bonchev–Trinajstić information content (AvgIpc) is 2.54. The van der Waals surface area contributed by atoms with E-state index in [0.29, 0.717) is 6.42 Å². The maximum absolute atomic E-state index is 12.0. The summed E-state index contributed by atoms with van der Waals surface area (Å²) in [6.45, 7) is 3.70. The summed E-state index contributed by atoms with van der Waals surface area (Å²) in [7, 11) is 3.43. The predicted octanol–water partition coefficient (Wildman–Crippen LogP) is 2.33. The Morgan fingerprint density at radius 2 is 2.31 bits per heavy atom. The van der Waals surface area contributed by atoms with Crippen molar-refractivity contribution in [1.82, 2.24) is 0 Å². The lowest BCUT2D eigenvalue weighted by molar-refractivity contribution is -0.118. The molecule has 0 aromatic heterocycles. The number of fused-ring (bicyclic) bond motifs is 1. The fourth-order valence-electron chi connectivity index (χ4n) is 2.12. The number of hydrogen-bond acceptors (Lipinski definition) is 2. The molecule has 1 aliphatic heterocycles. The lowest BCUT2D eigenvalue weighted by Gasteiger charge is -2.10. The van der Waals surface area contributed by atoms with Crippen molar-refractivity contribution in [3.63, 3.8) is 0 Å². The molecule has 3 heteroatoms. The van der Waals surface area contributed by atoms with E-state index in [1.165, 1.54) is 0 Å². The summed E-state index contributed by atoms with van der Waals surface area (Å²) in [6, 6.07) is 5.74. The van der Waals surface area contributed by atoms with Crippen molar-refractivity contribution in [1.29, 1.82) is 0 Å². The molecule has 1 amide bonds. The van der Waals surface area contributed by atoms with Gasteiger partial charge >= 0.3 is 0 Å². The van der Waals surface area contributed by atoms with E-state index in [0.717, 1.165) is 17.0 Å². The first-order chi connectivity index (χ1) is 7.69. The highest BCUT2D eigenvalue weighted by molar-refractivity contribution is 6.04. The third-order valence-electron chi connectivity index (χ3n) is 3.00. The second kappa shape index (κ2) is 4.00. The summed E-state index contributed by atoms with van der Waals surface area (Å²) in [5, 5.41) is 0. The number of rotatable bonds is 3. The van der Waals surface area contributed by atoms with E-state index >= 15 is 0 Å². The Balaban J connectivity index is 2.48. The normalized spacial score (nSPS) is 18.5. The maximum Gasteiger partial charge on any atom is 0.234 e. The van der Waals surface area contributed by atoms with Crippen molar-refractivity contribution in [2.75, 3.05) is 19.1 Å². The minimum atomic E-state index is -0.104. The largest absolute Gasteiger partial charge is 0.497 e. The van der Waals surface area contributed by atoms with Gasteiger partial charge in [0.1, 0.15) is 5.75 Å². The van der Waals surface area contributed by atoms with E-state index < -0.39 is 0 Å². The van der Waals surface area contributed by atoms with Gasteiger partial charge in [0, 0.05) is 12.7 Å². The highest BCUT2D eigenvalue weighted by Crippen LogP contribution is 2.40. The van der Waals surface area contributed by atoms with E-state index in [1.807, 2.05) is 18.2 Å². The van der Waals surface area contributed by atoms with Crippen LogP contribution in [0.25, 0.3) is 0 Å². The van der Waals surface area contributed by atoms with Gasteiger partial charge in [-0.05, 0) is 30.2 Å². The van der Waals surface area contributed by atoms with Crippen LogP contribution in [0.4, 0.5) is 5.69 Å². The number of amides is 1. The first-order valence-electron chi connectivity index (χ1n) is 5.25. The monoisotopic (exact) mass is 217 g/mol. The molecule has 2 rings (SSSR count). The highest BCUT2D eigenvalue weighted by atomic mass is 16.5. The average molecular weight is 217 g/mol. The van der Waals surface area contributed by atoms with E-state index in [4.69, 9.17) is 4.74 Å². The summed E-state index contributed by atoms with van der Waals surface area (Å²) in [5.41, 5.74) is 2.00. The van der Waals surface area contributed by atoms with Crippen LogP contribution in [0.2, 0.25) is 0 Å². The van der Waals surface area contributed by atoms with Crippen LogP contribution in [-0.2, 0) is 4.79 Å². The Hall–Kier alpha value is -1.77. The third-order valence-corrected chi connectivity index (χ3v) is 3.00. The lowest BCUT2D eigenvalue weighted by Crippen LogP contribution is -2.23. The number of allylic oxidation sites excluding steroid dienone is 1. The first-order valence-corrected chi connectivity index (χ1v) is 5.25. The minimum Gasteiger partial charge on any atom is -0.497 e. The summed E-state index contributed by atoms with van der Waals surface area (Å²) < 4.78 is 5.18. The second-order valence-electron chi connectivity index (χ2n) is 3.90. The summed E-state index contributed by atoms with van der Waals surface area (Å²) in [5.74, 6) is 0.812. The molecular weight excluding hydrogens is 202 g/mol. The number of carbonyl (C=O) groups is 1. The second-order valence-corrected chi connectivity index (χ2v) is 3.90. The first kappa shape index (κ1) is 10.7. The van der Waals surface area contributed by atoms with E-state index in [1.54, 1.807) is 25.1 Å². The minimum absolute atomic E-state index is 0.104. The molecule has 0 N–H and O–H groups in total. The Morgan fingerprint density at radius 3 is 2.94 bits per heavy atom. The van der Waals surface area contributed by atoms with Crippen molar-refractivity contribution < 1.29 is 9.53 Å². The molecule has 0 radical (unpaired) electrons. The topological polar surface area (TPSA) is 29.5 Å². The third kappa shape index (κ3) is 1.48. The van der Waals surface area contributed by atoms with Crippen LogP contribution in [0.5, 0.6) is 5.75 Å². The maximum atomic E-state index is 12.0. The molecule has 0 bridgehead atoms. The molecule has 0 saturated heterocycles. The number of likely N-dealkylation sites (N-methyl/N-ethyl adjacent to an activating group) is 1. The molecule has 1 aromatic rings. The highest BCUT2D eigenvalue weighted by Gasteiger charge is 2.34. The quantitative estimate of drug-likeness (QED) is 0.727. The fourth-order valence-corrected chi connectivity index (χ4v) is 2.12. The summed E-state index contributed by atoms with van der Waals surface area (Å²) in [6.07, 6.45) is 2.45. The van der Waals surface area contributed by atoms with Gasteiger partial charge in [-0.3, -0.25) is 4.79 Å². The predicted molar refractivity (Wildman–Crippen MR) is 64.0 cm³/mol.